The van der Waals surface area contributed by atoms with Crippen LogP contribution in [0.15, 0.2) is 24.4 Å². The molecule has 2 aromatic rings. The lowest BCUT2D eigenvalue weighted by Crippen LogP contribution is -1.88. The highest BCUT2D eigenvalue weighted by atomic mass is 32.1. The summed E-state index contributed by atoms with van der Waals surface area (Å²) in [5.74, 6) is -0.0152. The number of thiazole rings is 1. The lowest BCUT2D eigenvalue weighted by atomic mass is 10.1. The Bertz CT molecular complexity index is 532. The number of aromatic nitrogens is 1. The van der Waals surface area contributed by atoms with E-state index < -0.39 is 4.92 Å². The molecule has 0 atom stereocenters. The zero-order valence-corrected chi connectivity index (χ0v) is 8.77. The Hall–Kier alpha value is -2.15. The molecule has 0 amide bonds. The van der Waals surface area contributed by atoms with Crippen molar-refractivity contribution in [1.82, 2.24) is 4.98 Å². The number of nitrogen functional groups attached to an aromatic ring is 1. The summed E-state index contributed by atoms with van der Waals surface area (Å²) in [4.78, 5) is 14.0. The maximum atomic E-state index is 10.5. The standard InChI is InChI=1S/C9H7N3O3S/c10-5-2-1-3-6(13)8(5)7-4-11-9(16-7)12(14)15/h1-4,13H,10H2. The van der Waals surface area contributed by atoms with Gasteiger partial charge in [-0.3, -0.25) is 0 Å². The van der Waals surface area contributed by atoms with E-state index in [1.165, 1.54) is 12.3 Å². The van der Waals surface area contributed by atoms with Crippen LogP contribution in [0.25, 0.3) is 10.4 Å². The van der Waals surface area contributed by atoms with E-state index in [0.29, 0.717) is 16.1 Å². The minimum atomic E-state index is -0.579. The monoisotopic (exact) mass is 237 g/mol. The molecule has 0 fully saturated rings. The molecule has 82 valence electrons. The van der Waals surface area contributed by atoms with Crippen molar-refractivity contribution in [3.8, 4) is 16.2 Å². The average Bonchev–Trinajstić information content (AvgIpc) is 2.66. The minimum absolute atomic E-state index is 0.0152. The Balaban J connectivity index is 2.54. The Kier molecular flexibility index (Phi) is 2.45. The Labute approximate surface area is 94.1 Å². The maximum Gasteiger partial charge on any atom is 0.423 e. The quantitative estimate of drug-likeness (QED) is 0.472. The highest BCUT2D eigenvalue weighted by molar-refractivity contribution is 7.18. The van der Waals surface area contributed by atoms with Gasteiger partial charge in [0.25, 0.3) is 0 Å². The van der Waals surface area contributed by atoms with Crippen LogP contribution < -0.4 is 5.73 Å². The fraction of sp³-hybridized carbons (Fsp3) is 0. The first-order valence-electron chi connectivity index (χ1n) is 4.27. The van der Waals surface area contributed by atoms with E-state index in [2.05, 4.69) is 4.98 Å². The number of phenolic OH excluding ortho intramolecular Hbond substituents is 1. The van der Waals surface area contributed by atoms with E-state index in [-0.39, 0.29) is 10.9 Å². The summed E-state index contributed by atoms with van der Waals surface area (Å²) in [6, 6.07) is 4.68. The molecular weight excluding hydrogens is 230 g/mol. The number of rotatable bonds is 2. The highest BCUT2D eigenvalue weighted by Crippen LogP contribution is 2.39. The van der Waals surface area contributed by atoms with Gasteiger partial charge in [-0.05, 0) is 33.4 Å². The van der Waals surface area contributed by atoms with Gasteiger partial charge >= 0.3 is 5.13 Å². The third kappa shape index (κ3) is 1.68. The zero-order valence-electron chi connectivity index (χ0n) is 7.95. The van der Waals surface area contributed by atoms with E-state index in [9.17, 15) is 15.2 Å². The van der Waals surface area contributed by atoms with Crippen LogP contribution in [0.1, 0.15) is 0 Å². The fourth-order valence-electron chi connectivity index (χ4n) is 1.29. The molecule has 0 unspecified atom stereocenters. The predicted octanol–water partition coefficient (Wildman–Crippen LogP) is 2.01. The van der Waals surface area contributed by atoms with Gasteiger partial charge in [-0.2, -0.15) is 0 Å². The molecule has 0 bridgehead atoms. The van der Waals surface area contributed by atoms with Crippen LogP contribution in [-0.2, 0) is 0 Å². The Morgan fingerprint density at radius 2 is 2.25 bits per heavy atom. The molecule has 0 spiro atoms. The van der Waals surface area contributed by atoms with Gasteiger partial charge in [0.1, 0.15) is 5.75 Å². The van der Waals surface area contributed by atoms with Crippen LogP contribution in [0.4, 0.5) is 10.8 Å². The third-order valence-electron chi connectivity index (χ3n) is 1.97. The van der Waals surface area contributed by atoms with Crippen LogP contribution in [0, 0.1) is 10.1 Å². The number of anilines is 1. The summed E-state index contributed by atoms with van der Waals surface area (Å²) in [5.41, 5.74) is 6.43. The van der Waals surface area contributed by atoms with E-state index in [1.54, 1.807) is 12.1 Å². The number of nitro groups is 1. The third-order valence-corrected chi connectivity index (χ3v) is 2.94. The first kappa shape index (κ1) is 10.4. The number of phenols is 1. The van der Waals surface area contributed by atoms with Crippen molar-refractivity contribution in [2.75, 3.05) is 5.73 Å². The predicted molar refractivity (Wildman–Crippen MR) is 60.3 cm³/mol. The Morgan fingerprint density at radius 3 is 2.81 bits per heavy atom. The van der Waals surface area contributed by atoms with Crippen molar-refractivity contribution in [2.45, 2.75) is 0 Å². The van der Waals surface area contributed by atoms with Gasteiger partial charge in [0.15, 0.2) is 6.20 Å². The van der Waals surface area contributed by atoms with Crippen LogP contribution in [0.2, 0.25) is 0 Å². The number of nitrogens with two attached hydrogens (primary N) is 1. The molecule has 16 heavy (non-hydrogen) atoms. The number of hydrogen-bond acceptors (Lipinski definition) is 6. The first-order valence-corrected chi connectivity index (χ1v) is 5.09. The molecule has 0 aliphatic carbocycles. The van der Waals surface area contributed by atoms with Crippen molar-refractivity contribution in [2.24, 2.45) is 0 Å². The van der Waals surface area contributed by atoms with Gasteiger partial charge in [0.05, 0.1) is 10.4 Å². The molecule has 0 radical (unpaired) electrons. The summed E-state index contributed by atoms with van der Waals surface area (Å²) >= 11 is 0.872. The molecule has 2 rings (SSSR count). The molecule has 0 aliphatic rings. The minimum Gasteiger partial charge on any atom is -0.507 e. The lowest BCUT2D eigenvalue weighted by molar-refractivity contribution is -0.384. The van der Waals surface area contributed by atoms with Crippen molar-refractivity contribution in [1.29, 1.82) is 0 Å². The van der Waals surface area contributed by atoms with Crippen LogP contribution >= 0.6 is 11.3 Å². The molecule has 3 N–H and O–H groups in total. The van der Waals surface area contributed by atoms with Gasteiger partial charge in [-0.15, -0.1) is 0 Å². The van der Waals surface area contributed by atoms with Gasteiger partial charge in [-0.25, -0.2) is 0 Å². The second-order valence-corrected chi connectivity index (χ2v) is 4.01. The van der Waals surface area contributed by atoms with Crippen molar-refractivity contribution in [3.05, 3.63) is 34.5 Å². The number of aromatic hydroxyl groups is 1. The molecule has 1 aromatic heterocycles. The van der Waals surface area contributed by atoms with Crippen LogP contribution in [-0.4, -0.2) is 15.0 Å². The molecule has 6 nitrogen and oxygen atoms in total. The average molecular weight is 237 g/mol. The Morgan fingerprint density at radius 1 is 1.50 bits per heavy atom. The second kappa shape index (κ2) is 3.78. The smallest absolute Gasteiger partial charge is 0.423 e. The van der Waals surface area contributed by atoms with Gasteiger partial charge in [-0.1, -0.05) is 6.07 Å². The van der Waals surface area contributed by atoms with E-state index >= 15 is 0 Å². The molecule has 1 aromatic carbocycles. The fourth-order valence-corrected chi connectivity index (χ4v) is 2.10. The molecule has 1 heterocycles. The summed E-state index contributed by atoms with van der Waals surface area (Å²) in [6.07, 6.45) is 1.33. The van der Waals surface area contributed by atoms with E-state index in [1.807, 2.05) is 0 Å². The second-order valence-electron chi connectivity index (χ2n) is 3.01. The summed E-state index contributed by atoms with van der Waals surface area (Å²) in [5, 5.41) is 19.9. The lowest BCUT2D eigenvalue weighted by Gasteiger charge is -2.03. The topological polar surface area (TPSA) is 102 Å². The SMILES string of the molecule is Nc1cccc(O)c1-c1cnc([N+](=O)[O-])s1. The molecule has 7 heteroatoms. The number of benzene rings is 1. The highest BCUT2D eigenvalue weighted by Gasteiger charge is 2.18. The summed E-state index contributed by atoms with van der Waals surface area (Å²) < 4.78 is 0. The van der Waals surface area contributed by atoms with Crippen molar-refractivity contribution in [3.63, 3.8) is 0 Å². The van der Waals surface area contributed by atoms with Crippen molar-refractivity contribution < 1.29 is 10.0 Å². The van der Waals surface area contributed by atoms with E-state index in [0.717, 1.165) is 11.3 Å². The molecule has 0 saturated carbocycles. The normalized spacial score (nSPS) is 10.2. The zero-order chi connectivity index (χ0) is 11.7. The summed E-state index contributed by atoms with van der Waals surface area (Å²) in [6.45, 7) is 0. The first-order chi connectivity index (χ1) is 7.59. The van der Waals surface area contributed by atoms with Gasteiger partial charge in [0.2, 0.25) is 0 Å². The summed E-state index contributed by atoms with van der Waals surface area (Å²) in [7, 11) is 0. The van der Waals surface area contributed by atoms with E-state index in [4.69, 9.17) is 5.73 Å². The van der Waals surface area contributed by atoms with Crippen molar-refractivity contribution >= 4 is 22.2 Å². The number of hydrogen-bond donors (Lipinski definition) is 2. The van der Waals surface area contributed by atoms with Crippen LogP contribution in [0.5, 0.6) is 5.75 Å². The molecule has 0 aliphatic heterocycles. The maximum absolute atomic E-state index is 10.5. The van der Waals surface area contributed by atoms with Gasteiger partial charge in [0, 0.05) is 5.69 Å². The van der Waals surface area contributed by atoms with Gasteiger partial charge < -0.3 is 21.0 Å². The van der Waals surface area contributed by atoms with Crippen LogP contribution in [0.3, 0.4) is 0 Å². The molecular formula is C9H7N3O3S. The number of nitrogens with zero attached hydrogens (tertiary/aromatic N) is 2. The largest absolute Gasteiger partial charge is 0.507 e. The molecule has 0 saturated heterocycles.